The summed E-state index contributed by atoms with van der Waals surface area (Å²) < 4.78 is 11.0. The van der Waals surface area contributed by atoms with E-state index in [0.717, 1.165) is 29.0 Å². The molecule has 0 aromatic heterocycles. The molecule has 27 heavy (non-hydrogen) atoms. The number of nitrogens with one attached hydrogen (secondary N) is 2. The highest BCUT2D eigenvalue weighted by molar-refractivity contribution is 5.74. The minimum Gasteiger partial charge on any atom is -0.454 e. The molecule has 1 unspecified atom stereocenters. The van der Waals surface area contributed by atoms with Crippen molar-refractivity contribution in [3.63, 3.8) is 0 Å². The minimum absolute atomic E-state index is 0.0491. The van der Waals surface area contributed by atoms with Crippen molar-refractivity contribution < 1.29 is 14.3 Å². The SMILES string of the molecule is CC(NC(=O)NC[C@H](Cc1cccc2c1OCO2)N(C)C)c1ccccc1. The summed E-state index contributed by atoms with van der Waals surface area (Å²) in [4.78, 5) is 14.4. The van der Waals surface area contributed by atoms with Crippen LogP contribution < -0.4 is 20.1 Å². The first-order chi connectivity index (χ1) is 13.0. The number of carbonyl (C=O) groups is 1. The van der Waals surface area contributed by atoms with Crippen LogP contribution in [0.1, 0.15) is 24.1 Å². The van der Waals surface area contributed by atoms with Gasteiger partial charge in [-0.05, 0) is 44.6 Å². The maximum atomic E-state index is 12.3. The molecule has 0 spiro atoms. The molecule has 144 valence electrons. The van der Waals surface area contributed by atoms with Crippen molar-refractivity contribution in [2.75, 3.05) is 27.4 Å². The number of likely N-dealkylation sites (N-methyl/N-ethyl adjacent to an activating group) is 1. The highest BCUT2D eigenvalue weighted by atomic mass is 16.7. The van der Waals surface area contributed by atoms with Gasteiger partial charge in [0.05, 0.1) is 6.04 Å². The number of rotatable bonds is 7. The van der Waals surface area contributed by atoms with Crippen molar-refractivity contribution in [1.29, 1.82) is 0 Å². The lowest BCUT2D eigenvalue weighted by atomic mass is 10.0. The van der Waals surface area contributed by atoms with Crippen molar-refractivity contribution in [3.8, 4) is 11.5 Å². The van der Waals surface area contributed by atoms with Crippen LogP contribution in [-0.4, -0.2) is 44.4 Å². The third-order valence-corrected chi connectivity index (χ3v) is 4.81. The Hall–Kier alpha value is -2.73. The Morgan fingerprint density at radius 1 is 1.11 bits per heavy atom. The zero-order valence-corrected chi connectivity index (χ0v) is 16.1. The molecule has 1 heterocycles. The molecule has 2 amide bonds. The Kier molecular flexibility index (Phi) is 6.19. The van der Waals surface area contributed by atoms with E-state index in [1.54, 1.807) is 0 Å². The van der Waals surface area contributed by atoms with E-state index in [4.69, 9.17) is 9.47 Å². The third-order valence-electron chi connectivity index (χ3n) is 4.81. The van der Waals surface area contributed by atoms with Crippen molar-refractivity contribution in [1.82, 2.24) is 15.5 Å². The number of urea groups is 1. The normalized spacial score (nSPS) is 14.7. The van der Waals surface area contributed by atoms with Gasteiger partial charge < -0.3 is 25.0 Å². The molecular formula is C21H27N3O3. The van der Waals surface area contributed by atoms with E-state index in [1.807, 2.05) is 69.6 Å². The number of amides is 2. The number of para-hydroxylation sites is 1. The predicted molar refractivity (Wildman–Crippen MR) is 105 cm³/mol. The molecule has 2 aromatic carbocycles. The average Bonchev–Trinajstić information content (AvgIpc) is 3.15. The Balaban J connectivity index is 1.56. The molecule has 0 radical (unpaired) electrons. The molecule has 0 fully saturated rings. The van der Waals surface area contributed by atoms with Crippen LogP contribution >= 0.6 is 0 Å². The Bertz CT molecular complexity index is 765. The van der Waals surface area contributed by atoms with Crippen LogP contribution in [0.25, 0.3) is 0 Å². The van der Waals surface area contributed by atoms with E-state index in [-0.39, 0.29) is 24.9 Å². The zero-order chi connectivity index (χ0) is 19.2. The van der Waals surface area contributed by atoms with Gasteiger partial charge in [-0.3, -0.25) is 0 Å². The highest BCUT2D eigenvalue weighted by Crippen LogP contribution is 2.36. The van der Waals surface area contributed by atoms with E-state index in [9.17, 15) is 4.79 Å². The molecule has 0 saturated carbocycles. The van der Waals surface area contributed by atoms with E-state index >= 15 is 0 Å². The van der Waals surface area contributed by atoms with Crippen molar-refractivity contribution in [3.05, 3.63) is 59.7 Å². The van der Waals surface area contributed by atoms with Gasteiger partial charge in [0.2, 0.25) is 6.79 Å². The molecule has 2 atom stereocenters. The number of ether oxygens (including phenoxy) is 2. The Morgan fingerprint density at radius 3 is 2.63 bits per heavy atom. The van der Waals surface area contributed by atoms with Gasteiger partial charge >= 0.3 is 6.03 Å². The number of hydrogen-bond acceptors (Lipinski definition) is 4. The number of benzene rings is 2. The van der Waals surface area contributed by atoms with Gasteiger partial charge in [0, 0.05) is 12.6 Å². The molecule has 2 N–H and O–H groups in total. The zero-order valence-electron chi connectivity index (χ0n) is 16.1. The largest absolute Gasteiger partial charge is 0.454 e. The molecular weight excluding hydrogens is 342 g/mol. The highest BCUT2D eigenvalue weighted by Gasteiger charge is 2.21. The lowest BCUT2D eigenvalue weighted by molar-refractivity contribution is 0.172. The fraction of sp³-hybridized carbons (Fsp3) is 0.381. The predicted octanol–water partition coefficient (Wildman–Crippen LogP) is 2.95. The van der Waals surface area contributed by atoms with E-state index in [2.05, 4.69) is 15.5 Å². The van der Waals surface area contributed by atoms with Crippen molar-refractivity contribution in [2.45, 2.75) is 25.4 Å². The summed E-state index contributed by atoms with van der Waals surface area (Å²) in [5.74, 6) is 1.60. The fourth-order valence-electron chi connectivity index (χ4n) is 3.13. The van der Waals surface area contributed by atoms with Crippen LogP contribution in [0.4, 0.5) is 4.79 Å². The first-order valence-electron chi connectivity index (χ1n) is 9.18. The second-order valence-corrected chi connectivity index (χ2v) is 6.96. The molecule has 0 saturated heterocycles. The quantitative estimate of drug-likeness (QED) is 0.788. The summed E-state index contributed by atoms with van der Waals surface area (Å²) in [7, 11) is 4.02. The minimum atomic E-state index is -0.170. The van der Waals surface area contributed by atoms with E-state index < -0.39 is 0 Å². The van der Waals surface area contributed by atoms with Crippen LogP contribution in [0.3, 0.4) is 0 Å². The van der Waals surface area contributed by atoms with Gasteiger partial charge in [0.1, 0.15) is 0 Å². The summed E-state index contributed by atoms with van der Waals surface area (Å²) in [6, 6.07) is 15.8. The first-order valence-corrected chi connectivity index (χ1v) is 9.18. The van der Waals surface area contributed by atoms with Crippen LogP contribution in [0.5, 0.6) is 11.5 Å². The summed E-state index contributed by atoms with van der Waals surface area (Å²) in [5, 5.41) is 5.97. The average molecular weight is 369 g/mol. The molecule has 0 bridgehead atoms. The molecule has 0 aliphatic carbocycles. The molecule has 6 nitrogen and oxygen atoms in total. The van der Waals surface area contributed by atoms with Gasteiger partial charge in [0.15, 0.2) is 11.5 Å². The van der Waals surface area contributed by atoms with E-state index in [1.165, 1.54) is 0 Å². The molecule has 1 aliphatic heterocycles. The van der Waals surface area contributed by atoms with Gasteiger partial charge in [-0.1, -0.05) is 42.5 Å². The first kappa shape index (κ1) is 19.0. The van der Waals surface area contributed by atoms with Crippen molar-refractivity contribution >= 4 is 6.03 Å². The fourth-order valence-corrected chi connectivity index (χ4v) is 3.13. The number of nitrogens with zero attached hydrogens (tertiary/aromatic N) is 1. The molecule has 6 heteroatoms. The smallest absolute Gasteiger partial charge is 0.315 e. The second kappa shape index (κ2) is 8.77. The lowest BCUT2D eigenvalue weighted by Gasteiger charge is -2.25. The summed E-state index contributed by atoms with van der Waals surface area (Å²) >= 11 is 0. The van der Waals surface area contributed by atoms with Crippen LogP contribution in [-0.2, 0) is 6.42 Å². The molecule has 2 aromatic rings. The summed E-state index contributed by atoms with van der Waals surface area (Å²) in [6.07, 6.45) is 0.758. The Morgan fingerprint density at radius 2 is 1.89 bits per heavy atom. The number of hydrogen-bond donors (Lipinski definition) is 2. The second-order valence-electron chi connectivity index (χ2n) is 6.96. The summed E-state index contributed by atoms with van der Waals surface area (Å²) in [6.45, 7) is 2.77. The van der Waals surface area contributed by atoms with Gasteiger partial charge in [0.25, 0.3) is 0 Å². The van der Waals surface area contributed by atoms with Gasteiger partial charge in [-0.25, -0.2) is 4.79 Å². The Labute approximate surface area is 160 Å². The monoisotopic (exact) mass is 369 g/mol. The number of carbonyl (C=O) groups excluding carboxylic acids is 1. The van der Waals surface area contributed by atoms with Crippen LogP contribution in [0.15, 0.2) is 48.5 Å². The molecule has 1 aliphatic rings. The topological polar surface area (TPSA) is 62.8 Å². The van der Waals surface area contributed by atoms with Crippen LogP contribution in [0.2, 0.25) is 0 Å². The van der Waals surface area contributed by atoms with Crippen molar-refractivity contribution in [2.24, 2.45) is 0 Å². The van der Waals surface area contributed by atoms with Crippen LogP contribution in [0, 0.1) is 0 Å². The maximum Gasteiger partial charge on any atom is 0.315 e. The van der Waals surface area contributed by atoms with Gasteiger partial charge in [-0.15, -0.1) is 0 Å². The maximum absolute atomic E-state index is 12.3. The standard InChI is InChI=1S/C21H27N3O3/c1-15(16-8-5-4-6-9-16)23-21(25)22-13-18(24(2)3)12-17-10-7-11-19-20(17)27-14-26-19/h4-11,15,18H,12-14H2,1-3H3,(H2,22,23,25)/t15?,18-/m0/s1. The lowest BCUT2D eigenvalue weighted by Crippen LogP contribution is -2.45. The number of fused-ring (bicyclic) bond motifs is 1. The van der Waals surface area contributed by atoms with Gasteiger partial charge in [-0.2, -0.15) is 0 Å². The molecule has 3 rings (SSSR count). The summed E-state index contributed by atoms with van der Waals surface area (Å²) in [5.41, 5.74) is 2.16. The third kappa shape index (κ3) is 4.92. The van der Waals surface area contributed by atoms with E-state index in [0.29, 0.717) is 6.54 Å².